The predicted molar refractivity (Wildman–Crippen MR) is 118 cm³/mol. The zero-order chi connectivity index (χ0) is 21.1. The highest BCUT2D eigenvalue weighted by atomic mass is 32.2. The summed E-state index contributed by atoms with van der Waals surface area (Å²) < 4.78 is 33.6. The molecule has 0 radical (unpaired) electrons. The Balaban J connectivity index is 1.53. The summed E-state index contributed by atoms with van der Waals surface area (Å²) in [6, 6.07) is 19.8. The molecule has 0 aliphatic carbocycles. The highest BCUT2D eigenvalue weighted by Gasteiger charge is 2.15. The Morgan fingerprint density at radius 3 is 2.57 bits per heavy atom. The van der Waals surface area contributed by atoms with Crippen LogP contribution in [-0.4, -0.2) is 26.4 Å². The van der Waals surface area contributed by atoms with Crippen molar-refractivity contribution in [2.75, 3.05) is 17.1 Å². The van der Waals surface area contributed by atoms with Crippen molar-refractivity contribution in [2.24, 2.45) is 0 Å². The molecule has 1 aromatic heterocycles. The van der Waals surface area contributed by atoms with E-state index in [2.05, 4.69) is 15.0 Å². The van der Waals surface area contributed by atoms with E-state index in [9.17, 15) is 13.2 Å². The lowest BCUT2D eigenvalue weighted by molar-refractivity contribution is 0.102. The molecule has 4 rings (SSSR count). The highest BCUT2D eigenvalue weighted by molar-refractivity contribution is 7.92. The van der Waals surface area contributed by atoms with Gasteiger partial charge in [-0.3, -0.25) is 14.8 Å². The molecule has 30 heavy (non-hydrogen) atoms. The molecule has 0 aliphatic rings. The van der Waals surface area contributed by atoms with Gasteiger partial charge in [-0.25, -0.2) is 13.4 Å². The van der Waals surface area contributed by atoms with Gasteiger partial charge in [-0.15, -0.1) is 0 Å². The number of fused-ring (bicyclic) bond motifs is 1. The maximum Gasteiger partial charge on any atom is 0.261 e. The molecule has 0 spiro atoms. The second kappa shape index (κ2) is 8.13. The fourth-order valence-corrected chi connectivity index (χ4v) is 4.75. The number of nitrogens with zero attached hydrogens (tertiary/aromatic N) is 1. The molecule has 0 saturated heterocycles. The molecule has 0 aliphatic heterocycles. The third kappa shape index (κ3) is 4.27. The zero-order valence-corrected chi connectivity index (χ0v) is 17.5. The summed E-state index contributed by atoms with van der Waals surface area (Å²) in [6.45, 7) is 0. The number of ether oxygens (including phenoxy) is 1. The van der Waals surface area contributed by atoms with Crippen molar-refractivity contribution < 1.29 is 17.9 Å². The quantitative estimate of drug-likeness (QED) is 0.465. The Morgan fingerprint density at radius 1 is 1.00 bits per heavy atom. The first kappa shape index (κ1) is 19.9. The van der Waals surface area contributed by atoms with Crippen LogP contribution < -0.4 is 14.8 Å². The number of hydrogen-bond donors (Lipinski definition) is 2. The average Bonchev–Trinajstić information content (AvgIpc) is 3.15. The van der Waals surface area contributed by atoms with Gasteiger partial charge in [0.05, 0.1) is 22.2 Å². The minimum absolute atomic E-state index is 0.143. The summed E-state index contributed by atoms with van der Waals surface area (Å²) in [7, 11) is -2.16. The summed E-state index contributed by atoms with van der Waals surface area (Å²) >= 11 is 1.33. The molecule has 7 nitrogen and oxygen atoms in total. The minimum atomic E-state index is -3.74. The van der Waals surface area contributed by atoms with Gasteiger partial charge in [-0.2, -0.15) is 0 Å². The first-order valence-corrected chi connectivity index (χ1v) is 11.2. The third-order valence-corrected chi connectivity index (χ3v) is 6.58. The van der Waals surface area contributed by atoms with E-state index < -0.39 is 10.0 Å². The number of aromatic nitrogens is 1. The molecule has 1 amide bonds. The number of rotatable bonds is 6. The van der Waals surface area contributed by atoms with Crippen molar-refractivity contribution in [2.45, 2.75) is 4.90 Å². The smallest absolute Gasteiger partial charge is 0.261 e. The van der Waals surface area contributed by atoms with E-state index >= 15 is 0 Å². The predicted octanol–water partition coefficient (Wildman–Crippen LogP) is 4.36. The summed E-state index contributed by atoms with van der Waals surface area (Å²) in [5, 5.41) is 3.20. The minimum Gasteiger partial charge on any atom is -0.497 e. The van der Waals surface area contributed by atoms with Gasteiger partial charge in [-0.05, 0) is 48.5 Å². The van der Waals surface area contributed by atoms with Crippen LogP contribution in [0.25, 0.3) is 10.2 Å². The Kier molecular flexibility index (Phi) is 5.39. The van der Waals surface area contributed by atoms with Gasteiger partial charge in [0.15, 0.2) is 5.13 Å². The van der Waals surface area contributed by atoms with Gasteiger partial charge in [0.25, 0.3) is 15.9 Å². The Hall–Kier alpha value is -3.43. The number of carbonyl (C=O) groups excluding carboxylic acids is 1. The molecule has 3 aromatic carbocycles. The standard InChI is InChI=1S/C21H17N3O4S2/c1-28-16-10-11-18-19(13-16)29-21(22-18)23-20(25)14-6-5-7-15(12-14)24-30(26,27)17-8-3-2-4-9-17/h2-13,24H,1H3,(H,22,23,25). The van der Waals surface area contributed by atoms with E-state index in [1.807, 2.05) is 12.1 Å². The largest absolute Gasteiger partial charge is 0.497 e. The molecule has 1 heterocycles. The SMILES string of the molecule is COc1ccc2nc(NC(=O)c3cccc(NS(=O)(=O)c4ccccc4)c3)sc2c1. The van der Waals surface area contributed by atoms with Crippen molar-refractivity contribution in [1.82, 2.24) is 4.98 Å². The van der Waals surface area contributed by atoms with Crippen LogP contribution >= 0.6 is 11.3 Å². The lowest BCUT2D eigenvalue weighted by atomic mass is 10.2. The van der Waals surface area contributed by atoms with Gasteiger partial charge in [-0.1, -0.05) is 35.6 Å². The van der Waals surface area contributed by atoms with E-state index in [-0.39, 0.29) is 10.8 Å². The number of nitrogens with one attached hydrogen (secondary N) is 2. The fourth-order valence-electron chi connectivity index (χ4n) is 2.79. The molecule has 0 saturated carbocycles. The number of methoxy groups -OCH3 is 1. The molecule has 0 fully saturated rings. The van der Waals surface area contributed by atoms with Crippen LogP contribution in [0.1, 0.15) is 10.4 Å². The molecule has 0 atom stereocenters. The van der Waals surface area contributed by atoms with Crippen molar-refractivity contribution in [3.8, 4) is 5.75 Å². The van der Waals surface area contributed by atoms with Crippen LogP contribution in [-0.2, 0) is 10.0 Å². The lowest BCUT2D eigenvalue weighted by Crippen LogP contribution is -2.15. The monoisotopic (exact) mass is 439 g/mol. The average molecular weight is 440 g/mol. The molecule has 0 unspecified atom stereocenters. The molecular formula is C21H17N3O4S2. The van der Waals surface area contributed by atoms with Gasteiger partial charge in [0.1, 0.15) is 5.75 Å². The second-order valence-corrected chi connectivity index (χ2v) is 9.02. The molecule has 0 bridgehead atoms. The second-order valence-electron chi connectivity index (χ2n) is 6.31. The molecule has 152 valence electrons. The summed E-state index contributed by atoms with van der Waals surface area (Å²) in [6.07, 6.45) is 0. The van der Waals surface area contributed by atoms with Crippen LogP contribution in [0.15, 0.2) is 77.7 Å². The van der Waals surface area contributed by atoms with E-state index in [4.69, 9.17) is 4.74 Å². The van der Waals surface area contributed by atoms with Gasteiger partial charge in [0.2, 0.25) is 0 Å². The normalized spacial score (nSPS) is 11.2. The van der Waals surface area contributed by atoms with Gasteiger partial charge >= 0.3 is 0 Å². The maximum absolute atomic E-state index is 12.7. The highest BCUT2D eigenvalue weighted by Crippen LogP contribution is 2.29. The first-order valence-electron chi connectivity index (χ1n) is 8.88. The topological polar surface area (TPSA) is 97.4 Å². The third-order valence-electron chi connectivity index (χ3n) is 4.25. The Bertz CT molecular complexity index is 1320. The van der Waals surface area contributed by atoms with Crippen LogP contribution in [0, 0.1) is 0 Å². The Morgan fingerprint density at radius 2 is 1.80 bits per heavy atom. The summed E-state index contributed by atoms with van der Waals surface area (Å²) in [5.74, 6) is 0.323. The van der Waals surface area contributed by atoms with E-state index in [1.54, 1.807) is 49.6 Å². The molecule has 9 heteroatoms. The van der Waals surface area contributed by atoms with Crippen molar-refractivity contribution in [3.63, 3.8) is 0 Å². The number of benzene rings is 3. The number of sulfonamides is 1. The van der Waals surface area contributed by atoms with Crippen LogP contribution in [0.2, 0.25) is 0 Å². The van der Waals surface area contributed by atoms with Crippen LogP contribution in [0.5, 0.6) is 5.75 Å². The Labute approximate surface area is 177 Å². The number of amides is 1. The van der Waals surface area contributed by atoms with Crippen molar-refractivity contribution >= 4 is 48.3 Å². The van der Waals surface area contributed by atoms with E-state index in [0.29, 0.717) is 22.1 Å². The molecule has 4 aromatic rings. The van der Waals surface area contributed by atoms with E-state index in [0.717, 1.165) is 10.2 Å². The van der Waals surface area contributed by atoms with E-state index in [1.165, 1.54) is 29.5 Å². The van der Waals surface area contributed by atoms with Crippen molar-refractivity contribution in [1.29, 1.82) is 0 Å². The fraction of sp³-hybridized carbons (Fsp3) is 0.0476. The van der Waals surface area contributed by atoms with Gasteiger partial charge in [0, 0.05) is 11.3 Å². The molecular weight excluding hydrogens is 422 g/mol. The first-order chi connectivity index (χ1) is 14.4. The summed E-state index contributed by atoms with van der Waals surface area (Å²) in [5.41, 5.74) is 1.35. The number of hydrogen-bond acceptors (Lipinski definition) is 6. The number of carbonyl (C=O) groups is 1. The number of anilines is 2. The molecule has 2 N–H and O–H groups in total. The lowest BCUT2D eigenvalue weighted by Gasteiger charge is -2.09. The van der Waals surface area contributed by atoms with Gasteiger partial charge < -0.3 is 4.74 Å². The van der Waals surface area contributed by atoms with Crippen molar-refractivity contribution in [3.05, 3.63) is 78.4 Å². The van der Waals surface area contributed by atoms with Crippen LogP contribution in [0.4, 0.5) is 10.8 Å². The summed E-state index contributed by atoms with van der Waals surface area (Å²) in [4.78, 5) is 17.2. The van der Waals surface area contributed by atoms with Crippen LogP contribution in [0.3, 0.4) is 0 Å². The zero-order valence-electron chi connectivity index (χ0n) is 15.8. The maximum atomic E-state index is 12.7. The number of thiazole rings is 1.